The number of nitrogens with zero attached hydrogens (tertiary/aromatic N) is 1. The Hall–Kier alpha value is -0.640. The van der Waals surface area contributed by atoms with Gasteiger partial charge in [-0.15, -0.1) is 0 Å². The Morgan fingerprint density at radius 2 is 2.20 bits per heavy atom. The van der Waals surface area contributed by atoms with Crippen LogP contribution in [-0.4, -0.2) is 31.1 Å². The summed E-state index contributed by atoms with van der Waals surface area (Å²) in [6, 6.07) is 5.98. The second kappa shape index (κ2) is 6.88. The van der Waals surface area contributed by atoms with Crippen molar-refractivity contribution >= 4 is 11.6 Å². The highest BCUT2D eigenvalue weighted by Gasteiger charge is 2.33. The highest BCUT2D eigenvalue weighted by Crippen LogP contribution is 2.37. The highest BCUT2D eigenvalue weighted by atomic mass is 35.5. The van der Waals surface area contributed by atoms with Gasteiger partial charge in [0.2, 0.25) is 0 Å². The Labute approximate surface area is 126 Å². The first-order valence-corrected chi connectivity index (χ1v) is 7.77. The molecule has 0 aromatic heterocycles. The number of hydrogen-bond donors (Lipinski definition) is 1. The molecule has 1 aliphatic rings. The molecule has 0 bridgehead atoms. The first kappa shape index (κ1) is 15.7. The Morgan fingerprint density at radius 1 is 1.45 bits per heavy atom. The highest BCUT2D eigenvalue weighted by molar-refractivity contribution is 6.30. The summed E-state index contributed by atoms with van der Waals surface area (Å²) in [5, 5.41) is 3.48. The summed E-state index contributed by atoms with van der Waals surface area (Å²) in [7, 11) is 1.98. The molecule has 4 heteroatoms. The lowest BCUT2D eigenvalue weighted by Gasteiger charge is -2.44. The fourth-order valence-electron chi connectivity index (χ4n) is 3.32. The minimum atomic E-state index is -0.318. The van der Waals surface area contributed by atoms with Crippen LogP contribution in [0.25, 0.3) is 0 Å². The van der Waals surface area contributed by atoms with Gasteiger partial charge in [-0.3, -0.25) is 4.90 Å². The molecular formula is C16H24ClFN2. The molecule has 1 aromatic rings. The summed E-state index contributed by atoms with van der Waals surface area (Å²) >= 11 is 5.82. The van der Waals surface area contributed by atoms with Crippen LogP contribution in [0.3, 0.4) is 0 Å². The monoisotopic (exact) mass is 298 g/mol. The number of halogens is 2. The molecular weight excluding hydrogens is 275 g/mol. The molecule has 0 spiro atoms. The van der Waals surface area contributed by atoms with E-state index in [4.69, 9.17) is 11.6 Å². The zero-order chi connectivity index (χ0) is 14.7. The Kier molecular flexibility index (Phi) is 5.42. The maximum Gasteiger partial charge on any atom is 0.142 e. The summed E-state index contributed by atoms with van der Waals surface area (Å²) in [6.07, 6.45) is 2.38. The van der Waals surface area contributed by atoms with E-state index in [-0.39, 0.29) is 16.9 Å². The average Bonchev–Trinajstić information content (AvgIpc) is 2.42. The quantitative estimate of drug-likeness (QED) is 0.908. The summed E-state index contributed by atoms with van der Waals surface area (Å²) in [5.41, 5.74) is 1.04. The first-order chi connectivity index (χ1) is 9.54. The molecule has 1 aliphatic heterocycles. The van der Waals surface area contributed by atoms with Crippen LogP contribution in [0, 0.1) is 11.7 Å². The van der Waals surface area contributed by atoms with Crippen molar-refractivity contribution in [3.05, 3.63) is 34.6 Å². The Bertz CT molecular complexity index is 448. The average molecular weight is 299 g/mol. The van der Waals surface area contributed by atoms with E-state index in [0.717, 1.165) is 18.7 Å². The zero-order valence-corrected chi connectivity index (χ0v) is 13.3. The van der Waals surface area contributed by atoms with Crippen LogP contribution < -0.4 is 5.32 Å². The minimum absolute atomic E-state index is 0.200. The molecule has 1 aromatic carbocycles. The lowest BCUT2D eigenvalue weighted by molar-refractivity contribution is 0.0634. The van der Waals surface area contributed by atoms with E-state index in [1.54, 1.807) is 12.1 Å². The van der Waals surface area contributed by atoms with Crippen molar-refractivity contribution in [3.8, 4) is 0 Å². The van der Waals surface area contributed by atoms with Crippen molar-refractivity contribution in [1.29, 1.82) is 0 Å². The topological polar surface area (TPSA) is 15.3 Å². The van der Waals surface area contributed by atoms with Crippen LogP contribution in [0.4, 0.5) is 4.39 Å². The summed E-state index contributed by atoms with van der Waals surface area (Å²) in [4.78, 5) is 2.48. The van der Waals surface area contributed by atoms with Crippen molar-refractivity contribution < 1.29 is 4.39 Å². The number of piperidine rings is 1. The van der Waals surface area contributed by atoms with Crippen molar-refractivity contribution in [1.82, 2.24) is 10.2 Å². The van der Waals surface area contributed by atoms with Gasteiger partial charge in [-0.2, -0.15) is 0 Å². The molecule has 2 atom stereocenters. The number of benzene rings is 1. The first-order valence-electron chi connectivity index (χ1n) is 7.40. The standard InChI is InChI=1S/C16H24ClFN2/c1-11(2)20-8-4-5-13(10-19-3)16(20)12-6-7-14(17)15(18)9-12/h6-7,9,11,13,16,19H,4-5,8,10H2,1-3H3. The maximum absolute atomic E-state index is 13.8. The predicted octanol–water partition coefficient (Wildman–Crippen LogP) is 3.86. The van der Waals surface area contributed by atoms with Crippen LogP contribution in [-0.2, 0) is 0 Å². The van der Waals surface area contributed by atoms with Gasteiger partial charge in [-0.25, -0.2) is 4.39 Å². The summed E-state index contributed by atoms with van der Waals surface area (Å²) in [5.74, 6) is 0.193. The lowest BCUT2D eigenvalue weighted by atomic mass is 9.83. The van der Waals surface area contributed by atoms with Crippen LogP contribution in [0.1, 0.15) is 38.3 Å². The number of likely N-dealkylation sites (tertiary alicyclic amines) is 1. The van der Waals surface area contributed by atoms with E-state index in [0.29, 0.717) is 12.0 Å². The number of rotatable bonds is 4. The second-order valence-electron chi connectivity index (χ2n) is 5.91. The molecule has 2 nitrogen and oxygen atoms in total. The molecule has 2 unspecified atom stereocenters. The van der Waals surface area contributed by atoms with E-state index >= 15 is 0 Å². The van der Waals surface area contributed by atoms with Gasteiger partial charge in [0, 0.05) is 12.1 Å². The number of nitrogens with one attached hydrogen (secondary N) is 1. The molecule has 1 fully saturated rings. The van der Waals surface area contributed by atoms with Gasteiger partial charge in [0.05, 0.1) is 5.02 Å². The molecule has 2 rings (SSSR count). The van der Waals surface area contributed by atoms with Gasteiger partial charge >= 0.3 is 0 Å². The molecule has 1 heterocycles. The molecule has 1 saturated heterocycles. The largest absolute Gasteiger partial charge is 0.319 e. The summed E-state index contributed by atoms with van der Waals surface area (Å²) < 4.78 is 13.8. The van der Waals surface area contributed by atoms with Crippen LogP contribution in [0.5, 0.6) is 0 Å². The maximum atomic E-state index is 13.8. The van der Waals surface area contributed by atoms with Crippen molar-refractivity contribution in [2.45, 2.75) is 38.8 Å². The van der Waals surface area contributed by atoms with E-state index in [9.17, 15) is 4.39 Å². The Balaban J connectivity index is 2.35. The number of hydrogen-bond acceptors (Lipinski definition) is 2. The van der Waals surface area contributed by atoms with E-state index in [1.807, 2.05) is 13.1 Å². The Morgan fingerprint density at radius 3 is 2.80 bits per heavy atom. The fraction of sp³-hybridized carbons (Fsp3) is 0.625. The predicted molar refractivity (Wildman–Crippen MR) is 82.6 cm³/mol. The zero-order valence-electron chi connectivity index (χ0n) is 12.5. The van der Waals surface area contributed by atoms with Crippen molar-refractivity contribution in [2.24, 2.45) is 5.92 Å². The van der Waals surface area contributed by atoms with Gasteiger partial charge in [-0.1, -0.05) is 17.7 Å². The third kappa shape index (κ3) is 3.33. The summed E-state index contributed by atoms with van der Waals surface area (Å²) in [6.45, 7) is 6.45. The molecule has 20 heavy (non-hydrogen) atoms. The van der Waals surface area contributed by atoms with Crippen molar-refractivity contribution in [2.75, 3.05) is 20.1 Å². The third-order valence-corrected chi connectivity index (χ3v) is 4.52. The van der Waals surface area contributed by atoms with Crippen LogP contribution >= 0.6 is 11.6 Å². The third-order valence-electron chi connectivity index (χ3n) is 4.21. The molecule has 0 saturated carbocycles. The van der Waals surface area contributed by atoms with Gasteiger partial charge in [0.15, 0.2) is 0 Å². The molecule has 112 valence electrons. The van der Waals surface area contributed by atoms with E-state index < -0.39 is 0 Å². The second-order valence-corrected chi connectivity index (χ2v) is 6.32. The van der Waals surface area contributed by atoms with E-state index in [1.165, 1.54) is 12.8 Å². The van der Waals surface area contributed by atoms with Crippen LogP contribution in [0.15, 0.2) is 18.2 Å². The van der Waals surface area contributed by atoms with Gasteiger partial charge < -0.3 is 5.32 Å². The van der Waals surface area contributed by atoms with Crippen molar-refractivity contribution in [3.63, 3.8) is 0 Å². The van der Waals surface area contributed by atoms with Crippen LogP contribution in [0.2, 0.25) is 5.02 Å². The SMILES string of the molecule is CNCC1CCCN(C(C)C)C1c1ccc(Cl)c(F)c1. The molecule has 1 N–H and O–H groups in total. The fourth-order valence-corrected chi connectivity index (χ4v) is 3.44. The normalized spacial score (nSPS) is 24.3. The van der Waals surface area contributed by atoms with E-state index in [2.05, 4.69) is 24.1 Å². The molecule has 0 aliphatic carbocycles. The molecule has 0 radical (unpaired) electrons. The van der Waals surface area contributed by atoms with Gasteiger partial charge in [0.25, 0.3) is 0 Å². The smallest absolute Gasteiger partial charge is 0.142 e. The van der Waals surface area contributed by atoms with Gasteiger partial charge in [0.1, 0.15) is 5.82 Å². The van der Waals surface area contributed by atoms with Gasteiger partial charge in [-0.05, 0) is 70.4 Å². The minimum Gasteiger partial charge on any atom is -0.319 e. The lowest BCUT2D eigenvalue weighted by Crippen LogP contribution is -2.45. The molecule has 0 amide bonds.